The van der Waals surface area contributed by atoms with Gasteiger partial charge in [0.25, 0.3) is 0 Å². The molecule has 1 heteroatoms. The van der Waals surface area contributed by atoms with E-state index in [1.54, 1.807) is 11.1 Å². The quantitative estimate of drug-likeness (QED) is 0.748. The number of rotatable bonds is 5. The number of fused-ring (bicyclic) bond motifs is 1. The summed E-state index contributed by atoms with van der Waals surface area (Å²) in [6, 6.07) is 7.06. The van der Waals surface area contributed by atoms with E-state index in [0.29, 0.717) is 0 Å². The topological polar surface area (TPSA) is 12.0 Å². The van der Waals surface area contributed by atoms with Crippen LogP contribution in [0, 0.1) is 5.92 Å². The van der Waals surface area contributed by atoms with Gasteiger partial charge in [-0.25, -0.2) is 0 Å². The third kappa shape index (κ3) is 3.08. The molecule has 0 bridgehead atoms. The second-order valence-corrected chi connectivity index (χ2v) is 5.30. The Labute approximate surface area is 99.3 Å². The first-order chi connectivity index (χ1) is 7.75. The first-order valence-electron chi connectivity index (χ1n) is 6.57. The average molecular weight is 217 g/mol. The molecule has 1 aromatic rings. The maximum absolute atomic E-state index is 3.50. The van der Waals surface area contributed by atoms with Gasteiger partial charge in [-0.2, -0.15) is 0 Å². The summed E-state index contributed by atoms with van der Waals surface area (Å²) >= 11 is 0. The van der Waals surface area contributed by atoms with Crippen molar-refractivity contribution in [1.82, 2.24) is 5.32 Å². The fraction of sp³-hybridized carbons (Fsp3) is 0.600. The lowest BCUT2D eigenvalue weighted by atomic mass is 10.0. The molecular formula is C15H23N. The van der Waals surface area contributed by atoms with Gasteiger partial charge in [-0.1, -0.05) is 32.0 Å². The zero-order valence-corrected chi connectivity index (χ0v) is 10.6. The fourth-order valence-corrected chi connectivity index (χ4v) is 2.40. The second-order valence-electron chi connectivity index (χ2n) is 5.30. The van der Waals surface area contributed by atoms with Crippen molar-refractivity contribution in [3.63, 3.8) is 0 Å². The van der Waals surface area contributed by atoms with E-state index in [0.717, 1.165) is 19.0 Å². The summed E-state index contributed by atoms with van der Waals surface area (Å²) in [5.41, 5.74) is 4.68. The molecule has 2 rings (SSSR count). The molecular weight excluding hydrogens is 194 g/mol. The molecule has 16 heavy (non-hydrogen) atoms. The SMILES string of the molecule is CC(C)CNCCc1ccc2c(c1)CCC2. The number of hydrogen-bond acceptors (Lipinski definition) is 1. The lowest BCUT2D eigenvalue weighted by Gasteiger charge is -2.08. The summed E-state index contributed by atoms with van der Waals surface area (Å²) in [7, 11) is 0. The van der Waals surface area contributed by atoms with Gasteiger partial charge in [0.2, 0.25) is 0 Å². The lowest BCUT2D eigenvalue weighted by molar-refractivity contribution is 0.554. The average Bonchev–Trinajstić information content (AvgIpc) is 2.71. The highest BCUT2D eigenvalue weighted by atomic mass is 14.8. The molecule has 0 spiro atoms. The molecule has 88 valence electrons. The van der Waals surface area contributed by atoms with Gasteiger partial charge in [0.15, 0.2) is 0 Å². The molecule has 0 amide bonds. The Hall–Kier alpha value is -0.820. The number of hydrogen-bond donors (Lipinski definition) is 1. The summed E-state index contributed by atoms with van der Waals surface area (Å²) in [5, 5.41) is 3.50. The van der Waals surface area contributed by atoms with Crippen LogP contribution in [-0.4, -0.2) is 13.1 Å². The van der Waals surface area contributed by atoms with E-state index in [1.807, 2.05) is 0 Å². The summed E-state index contributed by atoms with van der Waals surface area (Å²) in [4.78, 5) is 0. The molecule has 0 saturated heterocycles. The third-order valence-electron chi connectivity index (χ3n) is 3.31. The molecule has 0 aliphatic heterocycles. The molecule has 0 aromatic heterocycles. The molecule has 0 heterocycles. The minimum atomic E-state index is 0.750. The van der Waals surface area contributed by atoms with E-state index < -0.39 is 0 Å². The lowest BCUT2D eigenvalue weighted by Crippen LogP contribution is -2.22. The zero-order valence-electron chi connectivity index (χ0n) is 10.6. The molecule has 1 nitrogen and oxygen atoms in total. The number of aryl methyl sites for hydroxylation is 2. The van der Waals surface area contributed by atoms with E-state index in [2.05, 4.69) is 37.4 Å². The fourth-order valence-electron chi connectivity index (χ4n) is 2.40. The van der Waals surface area contributed by atoms with Crippen molar-refractivity contribution in [3.8, 4) is 0 Å². The van der Waals surface area contributed by atoms with Gasteiger partial charge in [-0.05, 0) is 61.4 Å². The van der Waals surface area contributed by atoms with Gasteiger partial charge in [-0.3, -0.25) is 0 Å². The van der Waals surface area contributed by atoms with Gasteiger partial charge in [-0.15, -0.1) is 0 Å². The van der Waals surface area contributed by atoms with Crippen LogP contribution in [0.15, 0.2) is 18.2 Å². The second kappa shape index (κ2) is 5.49. The third-order valence-corrected chi connectivity index (χ3v) is 3.31. The monoisotopic (exact) mass is 217 g/mol. The van der Waals surface area contributed by atoms with Crippen molar-refractivity contribution >= 4 is 0 Å². The van der Waals surface area contributed by atoms with Crippen LogP contribution in [0.4, 0.5) is 0 Å². The minimum absolute atomic E-state index is 0.750. The maximum atomic E-state index is 3.50. The van der Waals surface area contributed by atoms with E-state index in [-0.39, 0.29) is 0 Å². The summed E-state index contributed by atoms with van der Waals surface area (Å²) in [6.45, 7) is 6.74. The highest BCUT2D eigenvalue weighted by Gasteiger charge is 2.10. The van der Waals surface area contributed by atoms with Gasteiger partial charge >= 0.3 is 0 Å². The number of benzene rings is 1. The predicted octanol–water partition coefficient (Wildman–Crippen LogP) is 2.96. The van der Waals surface area contributed by atoms with Crippen molar-refractivity contribution in [2.45, 2.75) is 39.5 Å². The zero-order chi connectivity index (χ0) is 11.4. The smallest absolute Gasteiger partial charge is 0.000824 e. The van der Waals surface area contributed by atoms with Crippen molar-refractivity contribution < 1.29 is 0 Å². The molecule has 1 aromatic carbocycles. The number of nitrogens with one attached hydrogen (secondary N) is 1. The summed E-state index contributed by atoms with van der Waals surface area (Å²) < 4.78 is 0. The Kier molecular flexibility index (Phi) is 4.00. The molecule has 1 aliphatic carbocycles. The molecule has 1 aliphatic rings. The maximum Gasteiger partial charge on any atom is -0.000824 e. The molecule has 0 unspecified atom stereocenters. The van der Waals surface area contributed by atoms with Crippen LogP contribution in [0.1, 0.15) is 37.0 Å². The predicted molar refractivity (Wildman–Crippen MR) is 69.9 cm³/mol. The Morgan fingerprint density at radius 2 is 2.00 bits per heavy atom. The molecule has 0 radical (unpaired) electrons. The minimum Gasteiger partial charge on any atom is -0.316 e. The van der Waals surface area contributed by atoms with Crippen molar-refractivity contribution in [3.05, 3.63) is 34.9 Å². The Bertz CT molecular complexity index is 341. The normalized spacial score (nSPS) is 14.4. The summed E-state index contributed by atoms with van der Waals surface area (Å²) in [6.07, 6.45) is 5.11. The van der Waals surface area contributed by atoms with Crippen molar-refractivity contribution in [2.24, 2.45) is 5.92 Å². The first-order valence-corrected chi connectivity index (χ1v) is 6.57. The van der Waals surface area contributed by atoms with Crippen LogP contribution < -0.4 is 5.32 Å². The molecule has 1 N–H and O–H groups in total. The Morgan fingerprint density at radius 1 is 1.19 bits per heavy atom. The van der Waals surface area contributed by atoms with Crippen molar-refractivity contribution in [1.29, 1.82) is 0 Å². The molecule has 0 fully saturated rings. The van der Waals surface area contributed by atoms with Crippen molar-refractivity contribution in [2.75, 3.05) is 13.1 Å². The Morgan fingerprint density at radius 3 is 2.81 bits per heavy atom. The molecule has 0 saturated carbocycles. The highest BCUT2D eigenvalue weighted by Crippen LogP contribution is 2.22. The van der Waals surface area contributed by atoms with Gasteiger partial charge in [0.1, 0.15) is 0 Å². The van der Waals surface area contributed by atoms with Crippen LogP contribution in [0.2, 0.25) is 0 Å². The van der Waals surface area contributed by atoms with Crippen LogP contribution >= 0.6 is 0 Å². The van der Waals surface area contributed by atoms with Crippen LogP contribution in [0.3, 0.4) is 0 Å². The van der Waals surface area contributed by atoms with Gasteiger partial charge in [0.05, 0.1) is 0 Å². The molecule has 0 atom stereocenters. The largest absolute Gasteiger partial charge is 0.316 e. The van der Waals surface area contributed by atoms with Crippen LogP contribution in [-0.2, 0) is 19.3 Å². The van der Waals surface area contributed by atoms with E-state index in [4.69, 9.17) is 0 Å². The first kappa shape index (κ1) is 11.7. The standard InChI is InChI=1S/C15H23N/c1-12(2)11-16-9-8-13-6-7-14-4-3-5-15(14)10-13/h6-7,10,12,16H,3-5,8-9,11H2,1-2H3. The van der Waals surface area contributed by atoms with E-state index in [9.17, 15) is 0 Å². The Balaban J connectivity index is 1.81. The summed E-state index contributed by atoms with van der Waals surface area (Å²) in [5.74, 6) is 0.750. The van der Waals surface area contributed by atoms with E-state index >= 15 is 0 Å². The van der Waals surface area contributed by atoms with Crippen LogP contribution in [0.5, 0.6) is 0 Å². The van der Waals surface area contributed by atoms with Crippen LogP contribution in [0.25, 0.3) is 0 Å². The van der Waals surface area contributed by atoms with E-state index in [1.165, 1.54) is 31.2 Å². The van der Waals surface area contributed by atoms with Gasteiger partial charge < -0.3 is 5.32 Å². The van der Waals surface area contributed by atoms with Gasteiger partial charge in [0, 0.05) is 0 Å². The highest BCUT2D eigenvalue weighted by molar-refractivity contribution is 5.35.